The molecule has 3 aromatic heterocycles. The number of benzene rings is 7. The second kappa shape index (κ2) is 11.6. The maximum absolute atomic E-state index is 5.03. The highest BCUT2D eigenvalue weighted by Gasteiger charge is 2.18. The van der Waals surface area contributed by atoms with Crippen molar-refractivity contribution >= 4 is 53.3 Å². The van der Waals surface area contributed by atoms with E-state index in [0.29, 0.717) is 17.5 Å². The highest BCUT2D eigenvalue weighted by molar-refractivity contribution is 7.25. The third kappa shape index (κ3) is 4.71. The van der Waals surface area contributed by atoms with Gasteiger partial charge < -0.3 is 4.57 Å². The van der Waals surface area contributed by atoms with E-state index in [1.165, 1.54) is 42.1 Å². The van der Waals surface area contributed by atoms with Crippen LogP contribution >= 0.6 is 11.3 Å². The highest BCUT2D eigenvalue weighted by Crippen LogP contribution is 2.41. The number of thiophene rings is 1. The van der Waals surface area contributed by atoms with Gasteiger partial charge in [-0.2, -0.15) is 0 Å². The summed E-state index contributed by atoms with van der Waals surface area (Å²) in [5, 5.41) is 5.00. The largest absolute Gasteiger partial charge is 0.309 e. The zero-order valence-corrected chi connectivity index (χ0v) is 27.7. The van der Waals surface area contributed by atoms with Gasteiger partial charge in [0.25, 0.3) is 0 Å². The van der Waals surface area contributed by atoms with Crippen LogP contribution in [-0.4, -0.2) is 19.5 Å². The second-order valence-electron chi connectivity index (χ2n) is 12.5. The van der Waals surface area contributed by atoms with Crippen LogP contribution in [0.5, 0.6) is 0 Å². The SMILES string of the molecule is c1ccc(-c2nc(-c3ccccc3)nc(-c3ccc4c5ccccc5n(-c5cccc(-c6cccc7sc8ccccc8c67)c5)c4c3)n2)cc1. The van der Waals surface area contributed by atoms with Gasteiger partial charge in [0.15, 0.2) is 17.5 Å². The zero-order chi connectivity index (χ0) is 33.0. The smallest absolute Gasteiger partial charge is 0.164 e. The van der Waals surface area contributed by atoms with E-state index < -0.39 is 0 Å². The van der Waals surface area contributed by atoms with Crippen molar-refractivity contribution in [1.82, 2.24) is 19.5 Å². The Morgan fingerprint density at radius 1 is 0.380 bits per heavy atom. The summed E-state index contributed by atoms with van der Waals surface area (Å²) >= 11 is 1.85. The van der Waals surface area contributed by atoms with Gasteiger partial charge in [-0.3, -0.25) is 0 Å². The summed E-state index contributed by atoms with van der Waals surface area (Å²) in [5.74, 6) is 1.94. The predicted octanol–water partition coefficient (Wildman–Crippen LogP) is 12.0. The van der Waals surface area contributed by atoms with Gasteiger partial charge in [-0.25, -0.2) is 15.0 Å². The number of rotatable bonds is 5. The molecule has 50 heavy (non-hydrogen) atoms. The number of para-hydroxylation sites is 1. The summed E-state index contributed by atoms with van der Waals surface area (Å²) in [6, 6.07) is 59.8. The Morgan fingerprint density at radius 3 is 1.72 bits per heavy atom. The second-order valence-corrected chi connectivity index (χ2v) is 13.5. The predicted molar refractivity (Wildman–Crippen MR) is 209 cm³/mol. The van der Waals surface area contributed by atoms with Crippen LogP contribution in [0.25, 0.3) is 93.0 Å². The van der Waals surface area contributed by atoms with Crippen LogP contribution in [0.3, 0.4) is 0 Å². The van der Waals surface area contributed by atoms with Crippen molar-refractivity contribution in [3.05, 3.63) is 170 Å². The van der Waals surface area contributed by atoms with Crippen LogP contribution < -0.4 is 0 Å². The fourth-order valence-corrected chi connectivity index (χ4v) is 8.29. The molecule has 0 saturated heterocycles. The Kier molecular flexibility index (Phi) is 6.64. The quantitative estimate of drug-likeness (QED) is 0.185. The summed E-state index contributed by atoms with van der Waals surface area (Å²) < 4.78 is 4.99. The monoisotopic (exact) mass is 656 g/mol. The summed E-state index contributed by atoms with van der Waals surface area (Å²) in [7, 11) is 0. The van der Waals surface area contributed by atoms with Crippen LogP contribution in [0.15, 0.2) is 170 Å². The zero-order valence-electron chi connectivity index (χ0n) is 26.9. The first-order valence-electron chi connectivity index (χ1n) is 16.7. The molecule has 0 unspecified atom stereocenters. The molecule has 4 nitrogen and oxygen atoms in total. The Labute approximate surface area is 292 Å². The molecule has 0 atom stereocenters. The molecule has 0 N–H and O–H groups in total. The summed E-state index contributed by atoms with van der Waals surface area (Å²) in [4.78, 5) is 15.0. The first-order valence-corrected chi connectivity index (χ1v) is 17.5. The van der Waals surface area contributed by atoms with E-state index in [2.05, 4.69) is 114 Å². The molecule has 0 spiro atoms. The molecule has 0 fully saturated rings. The van der Waals surface area contributed by atoms with Crippen molar-refractivity contribution in [1.29, 1.82) is 0 Å². The number of nitrogens with zero attached hydrogens (tertiary/aromatic N) is 4. The molecule has 0 bridgehead atoms. The average molecular weight is 657 g/mol. The number of fused-ring (bicyclic) bond motifs is 6. The third-order valence-corrected chi connectivity index (χ3v) is 10.6. The van der Waals surface area contributed by atoms with Gasteiger partial charge in [0, 0.05) is 53.3 Å². The number of hydrogen-bond donors (Lipinski definition) is 0. The molecule has 10 rings (SSSR count). The number of hydrogen-bond acceptors (Lipinski definition) is 4. The minimum absolute atomic E-state index is 0.640. The Morgan fingerprint density at radius 2 is 0.960 bits per heavy atom. The van der Waals surface area contributed by atoms with Crippen LogP contribution in [0.1, 0.15) is 0 Å². The fourth-order valence-electron chi connectivity index (χ4n) is 7.15. The average Bonchev–Trinajstić information content (AvgIpc) is 3.74. The van der Waals surface area contributed by atoms with Gasteiger partial charge in [-0.15, -0.1) is 11.3 Å². The van der Waals surface area contributed by atoms with Crippen LogP contribution in [0.2, 0.25) is 0 Å². The number of aromatic nitrogens is 4. The summed E-state index contributed by atoms with van der Waals surface area (Å²) in [5.41, 5.74) is 8.63. The van der Waals surface area contributed by atoms with Gasteiger partial charge in [0.2, 0.25) is 0 Å². The van der Waals surface area contributed by atoms with E-state index in [-0.39, 0.29) is 0 Å². The van der Waals surface area contributed by atoms with Crippen molar-refractivity contribution in [2.75, 3.05) is 0 Å². The van der Waals surface area contributed by atoms with Gasteiger partial charge >= 0.3 is 0 Å². The van der Waals surface area contributed by atoms with E-state index in [0.717, 1.165) is 33.4 Å². The van der Waals surface area contributed by atoms with Crippen LogP contribution in [-0.2, 0) is 0 Å². The lowest BCUT2D eigenvalue weighted by atomic mass is 9.99. The normalized spacial score (nSPS) is 11.6. The molecule has 0 radical (unpaired) electrons. The van der Waals surface area contributed by atoms with Gasteiger partial charge in [-0.1, -0.05) is 133 Å². The maximum atomic E-state index is 5.03. The summed E-state index contributed by atoms with van der Waals surface area (Å²) in [6.45, 7) is 0. The molecule has 0 amide bonds. The van der Waals surface area contributed by atoms with Crippen molar-refractivity contribution < 1.29 is 0 Å². The van der Waals surface area contributed by atoms with Gasteiger partial charge in [0.05, 0.1) is 11.0 Å². The lowest BCUT2D eigenvalue weighted by molar-refractivity contribution is 1.07. The highest BCUT2D eigenvalue weighted by atomic mass is 32.1. The Hall–Kier alpha value is -6.43. The first-order chi connectivity index (χ1) is 24.8. The third-order valence-electron chi connectivity index (χ3n) is 9.45. The Balaban J connectivity index is 1.18. The van der Waals surface area contributed by atoms with E-state index in [1.54, 1.807) is 0 Å². The molecule has 7 aromatic carbocycles. The van der Waals surface area contributed by atoms with Gasteiger partial charge in [-0.05, 0) is 47.5 Å². The molecular weight excluding hydrogens is 629 g/mol. The van der Waals surface area contributed by atoms with Crippen LogP contribution in [0.4, 0.5) is 0 Å². The molecule has 3 heterocycles. The minimum Gasteiger partial charge on any atom is -0.309 e. The molecule has 234 valence electrons. The fraction of sp³-hybridized carbons (Fsp3) is 0. The van der Waals surface area contributed by atoms with E-state index >= 15 is 0 Å². The summed E-state index contributed by atoms with van der Waals surface area (Å²) in [6.07, 6.45) is 0. The maximum Gasteiger partial charge on any atom is 0.164 e. The van der Waals surface area contributed by atoms with Crippen molar-refractivity contribution in [2.45, 2.75) is 0 Å². The molecule has 0 aliphatic rings. The van der Waals surface area contributed by atoms with Gasteiger partial charge in [0.1, 0.15) is 0 Å². The van der Waals surface area contributed by atoms with Crippen molar-refractivity contribution in [3.63, 3.8) is 0 Å². The molecule has 10 aromatic rings. The van der Waals surface area contributed by atoms with Crippen LogP contribution in [0, 0.1) is 0 Å². The minimum atomic E-state index is 0.640. The molecule has 5 heteroatoms. The molecule has 0 saturated carbocycles. The topological polar surface area (TPSA) is 43.6 Å². The van der Waals surface area contributed by atoms with E-state index in [1.807, 2.05) is 72.0 Å². The lowest BCUT2D eigenvalue weighted by Crippen LogP contribution is -2.00. The first kappa shape index (κ1) is 28.6. The van der Waals surface area contributed by atoms with Crippen molar-refractivity contribution in [2.24, 2.45) is 0 Å². The van der Waals surface area contributed by atoms with E-state index in [4.69, 9.17) is 15.0 Å². The van der Waals surface area contributed by atoms with E-state index in [9.17, 15) is 0 Å². The lowest BCUT2D eigenvalue weighted by Gasteiger charge is -2.12. The standard InChI is InChI=1S/C45H28N4S/c1-3-13-29(14-4-1)43-46-44(30-15-5-2-6-16-30)48-45(47-43)32-25-26-36-35-19-7-9-22-38(35)49(39(36)28-32)33-18-11-17-31(27-33)34-21-12-24-41-42(34)37-20-8-10-23-40(37)50-41/h1-28H. The molecule has 0 aliphatic carbocycles. The molecular formula is C45H28N4S. The Bertz CT molecular complexity index is 2810. The molecule has 0 aliphatic heterocycles. The van der Waals surface area contributed by atoms with Crippen molar-refractivity contribution in [3.8, 4) is 51.0 Å².